The first-order chi connectivity index (χ1) is 8.16. The molecule has 1 aliphatic rings. The van der Waals surface area contributed by atoms with Crippen LogP contribution in [0.3, 0.4) is 0 Å². The SMILES string of the molecule is Nc1cc2c(F)cc(Br)cc2n1C1CCCC1. The van der Waals surface area contributed by atoms with E-state index >= 15 is 0 Å². The van der Waals surface area contributed by atoms with Crippen LogP contribution >= 0.6 is 15.9 Å². The maximum Gasteiger partial charge on any atom is 0.133 e. The van der Waals surface area contributed by atoms with E-state index in [1.165, 1.54) is 18.9 Å². The lowest BCUT2D eigenvalue weighted by Gasteiger charge is -2.15. The number of nitrogens with zero attached hydrogens (tertiary/aromatic N) is 1. The molecule has 0 radical (unpaired) electrons. The van der Waals surface area contributed by atoms with Crippen molar-refractivity contribution in [1.29, 1.82) is 0 Å². The number of halogens is 2. The third-order valence-corrected chi connectivity index (χ3v) is 4.05. The predicted octanol–water partition coefficient (Wildman–Crippen LogP) is 4.24. The molecule has 4 heteroatoms. The van der Waals surface area contributed by atoms with Crippen molar-refractivity contribution >= 4 is 32.7 Å². The summed E-state index contributed by atoms with van der Waals surface area (Å²) in [6.07, 6.45) is 4.75. The Kier molecular flexibility index (Phi) is 2.62. The molecule has 1 heterocycles. The zero-order valence-electron chi connectivity index (χ0n) is 9.42. The van der Waals surface area contributed by atoms with Gasteiger partial charge in [0.2, 0.25) is 0 Å². The molecule has 1 aromatic heterocycles. The lowest BCUT2D eigenvalue weighted by molar-refractivity contribution is 0.541. The second-order valence-electron chi connectivity index (χ2n) is 4.70. The molecule has 17 heavy (non-hydrogen) atoms. The van der Waals surface area contributed by atoms with Gasteiger partial charge in [0.1, 0.15) is 11.6 Å². The van der Waals surface area contributed by atoms with E-state index in [0.717, 1.165) is 22.8 Å². The summed E-state index contributed by atoms with van der Waals surface area (Å²) in [5.41, 5.74) is 6.94. The summed E-state index contributed by atoms with van der Waals surface area (Å²) in [6.45, 7) is 0. The van der Waals surface area contributed by atoms with E-state index in [4.69, 9.17) is 5.73 Å². The largest absolute Gasteiger partial charge is 0.385 e. The first-order valence-corrected chi connectivity index (χ1v) is 6.71. The summed E-state index contributed by atoms with van der Waals surface area (Å²) in [5.74, 6) is 0.460. The van der Waals surface area contributed by atoms with E-state index in [9.17, 15) is 4.39 Å². The molecule has 1 saturated carbocycles. The summed E-state index contributed by atoms with van der Waals surface area (Å²) in [7, 11) is 0. The highest BCUT2D eigenvalue weighted by Gasteiger charge is 2.21. The lowest BCUT2D eigenvalue weighted by Crippen LogP contribution is -2.07. The van der Waals surface area contributed by atoms with E-state index in [2.05, 4.69) is 20.5 Å². The van der Waals surface area contributed by atoms with Gasteiger partial charge in [0, 0.05) is 15.9 Å². The van der Waals surface area contributed by atoms with Crippen molar-refractivity contribution in [3.05, 3.63) is 28.5 Å². The van der Waals surface area contributed by atoms with Crippen molar-refractivity contribution in [3.63, 3.8) is 0 Å². The molecule has 2 N–H and O–H groups in total. The number of aromatic nitrogens is 1. The highest BCUT2D eigenvalue weighted by molar-refractivity contribution is 9.10. The fourth-order valence-corrected chi connectivity index (χ4v) is 3.26. The van der Waals surface area contributed by atoms with Crippen molar-refractivity contribution in [3.8, 4) is 0 Å². The van der Waals surface area contributed by atoms with Crippen LogP contribution in [0.1, 0.15) is 31.7 Å². The Hall–Kier alpha value is -1.03. The Morgan fingerprint density at radius 1 is 1.24 bits per heavy atom. The molecule has 0 saturated heterocycles. The van der Waals surface area contributed by atoms with E-state index in [1.54, 1.807) is 6.07 Å². The van der Waals surface area contributed by atoms with E-state index in [0.29, 0.717) is 17.2 Å². The average molecular weight is 297 g/mol. The van der Waals surface area contributed by atoms with E-state index < -0.39 is 0 Å². The molecule has 2 nitrogen and oxygen atoms in total. The van der Waals surface area contributed by atoms with Crippen LogP contribution < -0.4 is 5.73 Å². The summed E-state index contributed by atoms with van der Waals surface area (Å²) >= 11 is 3.34. The van der Waals surface area contributed by atoms with Crippen LogP contribution in [0.15, 0.2) is 22.7 Å². The molecule has 0 atom stereocenters. The molecular formula is C13H14BrFN2. The molecule has 0 amide bonds. The normalized spacial score (nSPS) is 17.1. The number of benzene rings is 1. The second kappa shape index (κ2) is 4.02. The smallest absolute Gasteiger partial charge is 0.133 e. The Bertz CT molecular complexity index is 570. The third kappa shape index (κ3) is 1.75. The molecular weight excluding hydrogens is 283 g/mol. The monoisotopic (exact) mass is 296 g/mol. The van der Waals surface area contributed by atoms with Gasteiger partial charge in [-0.2, -0.15) is 0 Å². The first-order valence-electron chi connectivity index (χ1n) is 5.92. The Morgan fingerprint density at radius 3 is 2.65 bits per heavy atom. The van der Waals surface area contributed by atoms with E-state index in [1.807, 2.05) is 6.07 Å². The maximum absolute atomic E-state index is 13.8. The summed E-state index contributed by atoms with van der Waals surface area (Å²) in [5, 5.41) is 0.623. The zero-order valence-corrected chi connectivity index (χ0v) is 11.0. The number of fused-ring (bicyclic) bond motifs is 1. The van der Waals surface area contributed by atoms with Crippen molar-refractivity contribution in [2.75, 3.05) is 5.73 Å². The highest BCUT2D eigenvalue weighted by Crippen LogP contribution is 2.37. The average Bonchev–Trinajstić information content (AvgIpc) is 2.84. The highest BCUT2D eigenvalue weighted by atomic mass is 79.9. The van der Waals surface area contributed by atoms with Crippen molar-refractivity contribution in [2.24, 2.45) is 0 Å². The van der Waals surface area contributed by atoms with Gasteiger partial charge in [-0.1, -0.05) is 28.8 Å². The van der Waals surface area contributed by atoms with Gasteiger partial charge >= 0.3 is 0 Å². The van der Waals surface area contributed by atoms with Gasteiger partial charge in [-0.15, -0.1) is 0 Å². The number of hydrogen-bond acceptors (Lipinski definition) is 1. The number of anilines is 1. The minimum atomic E-state index is -0.210. The molecule has 0 spiro atoms. The molecule has 0 bridgehead atoms. The van der Waals surface area contributed by atoms with Crippen LogP contribution in [0.4, 0.5) is 10.2 Å². The number of nitrogen functional groups attached to an aromatic ring is 1. The zero-order chi connectivity index (χ0) is 12.0. The van der Waals surface area contributed by atoms with Gasteiger partial charge < -0.3 is 10.3 Å². The fraction of sp³-hybridized carbons (Fsp3) is 0.385. The van der Waals surface area contributed by atoms with Crippen LogP contribution in [0, 0.1) is 5.82 Å². The quantitative estimate of drug-likeness (QED) is 0.838. The van der Waals surface area contributed by atoms with Crippen LogP contribution in [-0.4, -0.2) is 4.57 Å². The number of nitrogens with two attached hydrogens (primary N) is 1. The summed E-state index contributed by atoms with van der Waals surface area (Å²) in [4.78, 5) is 0. The summed E-state index contributed by atoms with van der Waals surface area (Å²) in [6, 6.07) is 5.62. The first kappa shape index (κ1) is 11.1. The van der Waals surface area contributed by atoms with Crippen LogP contribution in [0.25, 0.3) is 10.9 Å². The van der Waals surface area contributed by atoms with E-state index in [-0.39, 0.29) is 5.82 Å². The minimum absolute atomic E-state index is 0.210. The molecule has 3 rings (SSSR count). The topological polar surface area (TPSA) is 30.9 Å². The molecule has 1 aliphatic carbocycles. The molecule has 1 fully saturated rings. The Morgan fingerprint density at radius 2 is 1.94 bits per heavy atom. The molecule has 0 aliphatic heterocycles. The number of rotatable bonds is 1. The minimum Gasteiger partial charge on any atom is -0.385 e. The molecule has 90 valence electrons. The van der Waals surface area contributed by atoms with Gasteiger partial charge in [-0.3, -0.25) is 0 Å². The Labute approximate surface area is 108 Å². The standard InChI is InChI=1S/C13H14BrFN2/c14-8-5-11(15)10-7-13(16)17(12(10)6-8)9-3-1-2-4-9/h5-7,9H,1-4,16H2. The van der Waals surface area contributed by atoms with Crippen LogP contribution in [0.5, 0.6) is 0 Å². The third-order valence-electron chi connectivity index (χ3n) is 3.59. The molecule has 1 aromatic carbocycles. The Balaban J connectivity index is 2.25. The van der Waals surface area contributed by atoms with Crippen LogP contribution in [0.2, 0.25) is 0 Å². The van der Waals surface area contributed by atoms with Gasteiger partial charge in [0.05, 0.1) is 5.52 Å². The lowest BCUT2D eigenvalue weighted by atomic mass is 10.2. The van der Waals surface area contributed by atoms with Crippen molar-refractivity contribution in [1.82, 2.24) is 4.57 Å². The van der Waals surface area contributed by atoms with Crippen molar-refractivity contribution in [2.45, 2.75) is 31.7 Å². The maximum atomic E-state index is 13.8. The predicted molar refractivity (Wildman–Crippen MR) is 71.5 cm³/mol. The number of hydrogen-bond donors (Lipinski definition) is 1. The van der Waals surface area contributed by atoms with Gasteiger partial charge in [0.25, 0.3) is 0 Å². The van der Waals surface area contributed by atoms with Crippen LogP contribution in [-0.2, 0) is 0 Å². The van der Waals surface area contributed by atoms with Gasteiger partial charge in [-0.05, 0) is 31.0 Å². The van der Waals surface area contributed by atoms with Crippen molar-refractivity contribution < 1.29 is 4.39 Å². The second-order valence-corrected chi connectivity index (χ2v) is 5.61. The van der Waals surface area contributed by atoms with Gasteiger partial charge in [-0.25, -0.2) is 4.39 Å². The van der Waals surface area contributed by atoms with Gasteiger partial charge in [0.15, 0.2) is 0 Å². The molecule has 0 unspecified atom stereocenters. The summed E-state index contributed by atoms with van der Waals surface area (Å²) < 4.78 is 16.7. The molecule has 2 aromatic rings. The fourth-order valence-electron chi connectivity index (χ4n) is 2.84.